The zero-order valence-electron chi connectivity index (χ0n) is 10.3. The number of nitrogens with zero attached hydrogens (tertiary/aromatic N) is 1. The van der Waals surface area contributed by atoms with E-state index in [0.717, 1.165) is 6.42 Å². The van der Waals surface area contributed by atoms with Gasteiger partial charge < -0.3 is 0 Å². The van der Waals surface area contributed by atoms with Crippen molar-refractivity contribution in [2.75, 3.05) is 0 Å². The first kappa shape index (κ1) is 11.2. The van der Waals surface area contributed by atoms with E-state index in [4.69, 9.17) is 0 Å². The quantitative estimate of drug-likeness (QED) is 0.728. The summed E-state index contributed by atoms with van der Waals surface area (Å²) in [6, 6.07) is 11.2. The first-order valence-corrected chi connectivity index (χ1v) is 6.12. The molecule has 1 heteroatoms. The average molecular weight is 213 g/mol. The van der Waals surface area contributed by atoms with Crippen molar-refractivity contribution in [3.63, 3.8) is 0 Å². The molecule has 0 spiro atoms. The first-order valence-electron chi connectivity index (χ1n) is 6.12. The Balaban J connectivity index is 2.32. The molecule has 1 saturated carbocycles. The third kappa shape index (κ3) is 1.53. The standard InChI is InChI=1S/C15H19N/c1-11(2)13-4-6-14(7-5-13)15(10-16)9-8-12(15)3/h4-7,11-12H,8-9H2,1-3H3. The molecule has 0 aromatic heterocycles. The molecule has 0 saturated heterocycles. The maximum Gasteiger partial charge on any atom is 0.0847 e. The first-order chi connectivity index (χ1) is 7.60. The molecule has 1 fully saturated rings. The third-order valence-corrected chi connectivity index (χ3v) is 4.10. The van der Waals surface area contributed by atoms with Crippen molar-refractivity contribution in [3.05, 3.63) is 35.4 Å². The van der Waals surface area contributed by atoms with Gasteiger partial charge in [-0.2, -0.15) is 5.26 Å². The molecule has 0 aliphatic heterocycles. The van der Waals surface area contributed by atoms with Gasteiger partial charge in [0.05, 0.1) is 11.5 Å². The maximum atomic E-state index is 9.39. The molecule has 1 nitrogen and oxygen atoms in total. The van der Waals surface area contributed by atoms with E-state index in [2.05, 4.69) is 51.1 Å². The summed E-state index contributed by atoms with van der Waals surface area (Å²) < 4.78 is 0. The molecular weight excluding hydrogens is 194 g/mol. The summed E-state index contributed by atoms with van der Waals surface area (Å²) in [6.45, 7) is 6.57. The molecule has 0 amide bonds. The van der Waals surface area contributed by atoms with Crippen molar-refractivity contribution < 1.29 is 0 Å². The molecule has 2 unspecified atom stereocenters. The lowest BCUT2D eigenvalue weighted by molar-refractivity contribution is 0.201. The molecule has 2 rings (SSSR count). The van der Waals surface area contributed by atoms with E-state index >= 15 is 0 Å². The number of nitriles is 1. The normalized spacial score (nSPS) is 28.6. The predicted octanol–water partition coefficient (Wildman–Crippen LogP) is 4.00. The van der Waals surface area contributed by atoms with Crippen LogP contribution >= 0.6 is 0 Å². The van der Waals surface area contributed by atoms with E-state index in [1.165, 1.54) is 17.5 Å². The summed E-state index contributed by atoms with van der Waals surface area (Å²) in [6.07, 6.45) is 2.20. The molecule has 0 N–H and O–H groups in total. The zero-order chi connectivity index (χ0) is 11.8. The second-order valence-electron chi connectivity index (χ2n) is 5.30. The Kier molecular flexibility index (Phi) is 2.76. The largest absolute Gasteiger partial charge is 0.197 e. The third-order valence-electron chi connectivity index (χ3n) is 4.10. The van der Waals surface area contributed by atoms with Crippen molar-refractivity contribution in [1.82, 2.24) is 0 Å². The number of hydrogen-bond donors (Lipinski definition) is 0. The van der Waals surface area contributed by atoms with Crippen LogP contribution in [-0.2, 0) is 5.41 Å². The summed E-state index contributed by atoms with van der Waals surface area (Å²) in [4.78, 5) is 0. The highest BCUT2D eigenvalue weighted by atomic mass is 14.5. The van der Waals surface area contributed by atoms with Gasteiger partial charge in [-0.3, -0.25) is 0 Å². The molecule has 1 aliphatic carbocycles. The van der Waals surface area contributed by atoms with E-state index < -0.39 is 0 Å². The van der Waals surface area contributed by atoms with Crippen molar-refractivity contribution in [1.29, 1.82) is 5.26 Å². The van der Waals surface area contributed by atoms with Gasteiger partial charge in [0.25, 0.3) is 0 Å². The van der Waals surface area contributed by atoms with Gasteiger partial charge in [-0.15, -0.1) is 0 Å². The van der Waals surface area contributed by atoms with Crippen LogP contribution < -0.4 is 0 Å². The Morgan fingerprint density at radius 2 is 1.94 bits per heavy atom. The van der Waals surface area contributed by atoms with Gasteiger partial charge in [0.1, 0.15) is 0 Å². The molecular formula is C15H19N. The van der Waals surface area contributed by atoms with E-state index in [1.54, 1.807) is 0 Å². The molecule has 84 valence electrons. The lowest BCUT2D eigenvalue weighted by Crippen LogP contribution is -2.41. The van der Waals surface area contributed by atoms with E-state index in [0.29, 0.717) is 11.8 Å². The second kappa shape index (κ2) is 3.94. The maximum absolute atomic E-state index is 9.39. The monoisotopic (exact) mass is 213 g/mol. The van der Waals surface area contributed by atoms with Gasteiger partial charge in [0.2, 0.25) is 0 Å². The summed E-state index contributed by atoms with van der Waals surface area (Å²) in [5.41, 5.74) is 2.36. The van der Waals surface area contributed by atoms with Crippen LogP contribution in [0.2, 0.25) is 0 Å². The molecule has 1 aromatic rings. The Labute approximate surface area is 98.1 Å². The van der Waals surface area contributed by atoms with Crippen LogP contribution in [0.4, 0.5) is 0 Å². The van der Waals surface area contributed by atoms with E-state index in [9.17, 15) is 5.26 Å². The fourth-order valence-corrected chi connectivity index (χ4v) is 2.55. The fraction of sp³-hybridized carbons (Fsp3) is 0.533. The van der Waals surface area contributed by atoms with Crippen molar-refractivity contribution in [2.45, 2.75) is 44.9 Å². The van der Waals surface area contributed by atoms with Crippen LogP contribution in [0, 0.1) is 17.2 Å². The lowest BCUT2D eigenvalue weighted by atomic mass is 9.58. The Morgan fingerprint density at radius 1 is 1.31 bits per heavy atom. The summed E-state index contributed by atoms with van der Waals surface area (Å²) in [5.74, 6) is 1.06. The summed E-state index contributed by atoms with van der Waals surface area (Å²) in [5, 5.41) is 9.39. The van der Waals surface area contributed by atoms with Crippen LogP contribution in [0.15, 0.2) is 24.3 Å². The molecule has 1 aromatic carbocycles. The minimum atomic E-state index is -0.199. The van der Waals surface area contributed by atoms with Gasteiger partial charge in [-0.25, -0.2) is 0 Å². The van der Waals surface area contributed by atoms with E-state index in [-0.39, 0.29) is 5.41 Å². The van der Waals surface area contributed by atoms with Crippen molar-refractivity contribution >= 4 is 0 Å². The minimum absolute atomic E-state index is 0.199. The van der Waals surface area contributed by atoms with Gasteiger partial charge in [0.15, 0.2) is 0 Å². The molecule has 16 heavy (non-hydrogen) atoms. The van der Waals surface area contributed by atoms with Gasteiger partial charge in [-0.05, 0) is 35.8 Å². The summed E-state index contributed by atoms with van der Waals surface area (Å²) in [7, 11) is 0. The van der Waals surface area contributed by atoms with Gasteiger partial charge in [-0.1, -0.05) is 45.0 Å². The SMILES string of the molecule is CC(C)c1ccc(C2(C#N)CCC2C)cc1. The van der Waals surface area contributed by atoms with Crippen molar-refractivity contribution in [3.8, 4) is 6.07 Å². The second-order valence-corrected chi connectivity index (χ2v) is 5.30. The van der Waals surface area contributed by atoms with E-state index in [1.807, 2.05) is 0 Å². The number of benzene rings is 1. The van der Waals surface area contributed by atoms with Crippen LogP contribution in [0.3, 0.4) is 0 Å². The minimum Gasteiger partial charge on any atom is -0.197 e. The fourth-order valence-electron chi connectivity index (χ4n) is 2.55. The molecule has 2 atom stereocenters. The topological polar surface area (TPSA) is 23.8 Å². The lowest BCUT2D eigenvalue weighted by Gasteiger charge is -2.43. The Hall–Kier alpha value is -1.29. The number of hydrogen-bond acceptors (Lipinski definition) is 1. The van der Waals surface area contributed by atoms with Crippen LogP contribution in [0.25, 0.3) is 0 Å². The highest BCUT2D eigenvalue weighted by Gasteiger charge is 2.45. The zero-order valence-corrected chi connectivity index (χ0v) is 10.3. The molecule has 0 radical (unpaired) electrons. The highest BCUT2D eigenvalue weighted by Crippen LogP contribution is 2.48. The van der Waals surface area contributed by atoms with Gasteiger partial charge in [0, 0.05) is 0 Å². The number of rotatable bonds is 2. The summed E-state index contributed by atoms with van der Waals surface area (Å²) >= 11 is 0. The molecule has 0 heterocycles. The Morgan fingerprint density at radius 3 is 2.25 bits per heavy atom. The van der Waals surface area contributed by atoms with Crippen LogP contribution in [0.5, 0.6) is 0 Å². The highest BCUT2D eigenvalue weighted by molar-refractivity contribution is 5.38. The van der Waals surface area contributed by atoms with Crippen LogP contribution in [0.1, 0.15) is 50.7 Å². The smallest absolute Gasteiger partial charge is 0.0847 e. The molecule has 0 bridgehead atoms. The van der Waals surface area contributed by atoms with Gasteiger partial charge >= 0.3 is 0 Å². The van der Waals surface area contributed by atoms with Crippen LogP contribution in [-0.4, -0.2) is 0 Å². The Bertz CT molecular complexity index is 410. The predicted molar refractivity (Wildman–Crippen MR) is 66.2 cm³/mol. The van der Waals surface area contributed by atoms with Crippen molar-refractivity contribution in [2.24, 2.45) is 5.92 Å². The average Bonchev–Trinajstić information content (AvgIpc) is 2.29. The molecule has 1 aliphatic rings.